The SMILES string of the molecule is Nc1cccc(C(N)CCC(=O)O)n1. The van der Waals surface area contributed by atoms with Crippen molar-refractivity contribution < 1.29 is 9.90 Å². The van der Waals surface area contributed by atoms with Crippen molar-refractivity contribution in [2.24, 2.45) is 5.73 Å². The summed E-state index contributed by atoms with van der Waals surface area (Å²) in [5.74, 6) is -0.461. The number of aromatic nitrogens is 1. The highest BCUT2D eigenvalue weighted by Gasteiger charge is 2.09. The topological polar surface area (TPSA) is 102 Å². The first-order valence-corrected chi connectivity index (χ1v) is 4.29. The molecule has 0 spiro atoms. The van der Waals surface area contributed by atoms with Crippen LogP contribution in [0, 0.1) is 0 Å². The molecule has 0 saturated carbocycles. The van der Waals surface area contributed by atoms with Crippen molar-refractivity contribution in [3.05, 3.63) is 23.9 Å². The molecular weight excluding hydrogens is 182 g/mol. The van der Waals surface area contributed by atoms with Gasteiger partial charge >= 0.3 is 5.97 Å². The van der Waals surface area contributed by atoms with Gasteiger partial charge in [0.25, 0.3) is 0 Å². The van der Waals surface area contributed by atoms with Crippen molar-refractivity contribution in [3.63, 3.8) is 0 Å². The van der Waals surface area contributed by atoms with E-state index in [4.69, 9.17) is 16.6 Å². The fraction of sp³-hybridized carbons (Fsp3) is 0.333. The first-order chi connectivity index (χ1) is 6.59. The van der Waals surface area contributed by atoms with Crippen molar-refractivity contribution in [3.8, 4) is 0 Å². The second-order valence-electron chi connectivity index (χ2n) is 3.03. The monoisotopic (exact) mass is 195 g/mol. The van der Waals surface area contributed by atoms with Crippen LogP contribution in [0.25, 0.3) is 0 Å². The van der Waals surface area contributed by atoms with Crippen molar-refractivity contribution in [2.75, 3.05) is 5.73 Å². The molecule has 1 atom stereocenters. The number of nitrogen functional groups attached to an aromatic ring is 1. The summed E-state index contributed by atoms with van der Waals surface area (Å²) in [7, 11) is 0. The molecule has 0 aromatic carbocycles. The Morgan fingerprint density at radius 1 is 1.57 bits per heavy atom. The summed E-state index contributed by atoms with van der Waals surface area (Å²) in [5, 5.41) is 8.46. The summed E-state index contributed by atoms with van der Waals surface area (Å²) in [5.41, 5.74) is 11.8. The van der Waals surface area contributed by atoms with Gasteiger partial charge in [0.2, 0.25) is 0 Å². The summed E-state index contributed by atoms with van der Waals surface area (Å²) in [6, 6.07) is 4.78. The number of nitrogens with two attached hydrogens (primary N) is 2. The first-order valence-electron chi connectivity index (χ1n) is 4.29. The molecule has 0 amide bonds. The summed E-state index contributed by atoms with van der Waals surface area (Å²) in [4.78, 5) is 14.3. The lowest BCUT2D eigenvalue weighted by Gasteiger charge is -2.09. The average molecular weight is 195 g/mol. The van der Waals surface area contributed by atoms with E-state index >= 15 is 0 Å². The van der Waals surface area contributed by atoms with E-state index in [9.17, 15) is 4.79 Å². The molecule has 1 aromatic heterocycles. The van der Waals surface area contributed by atoms with Crippen LogP contribution in [0.3, 0.4) is 0 Å². The van der Waals surface area contributed by atoms with Gasteiger partial charge in [-0.15, -0.1) is 0 Å². The number of hydrogen-bond acceptors (Lipinski definition) is 4. The molecule has 0 radical (unpaired) electrons. The Morgan fingerprint density at radius 2 is 2.29 bits per heavy atom. The minimum absolute atomic E-state index is 0.0393. The van der Waals surface area contributed by atoms with Crippen LogP contribution in [-0.4, -0.2) is 16.1 Å². The van der Waals surface area contributed by atoms with Gasteiger partial charge in [-0.3, -0.25) is 4.79 Å². The summed E-state index contributed by atoms with van der Waals surface area (Å²) >= 11 is 0. The molecule has 0 aliphatic heterocycles. The maximum Gasteiger partial charge on any atom is 0.303 e. The van der Waals surface area contributed by atoms with Crippen LogP contribution in [0.2, 0.25) is 0 Å². The Balaban J connectivity index is 2.60. The molecule has 76 valence electrons. The van der Waals surface area contributed by atoms with Crippen LogP contribution in [0.5, 0.6) is 0 Å². The fourth-order valence-electron chi connectivity index (χ4n) is 1.10. The minimum atomic E-state index is -0.857. The molecule has 0 aliphatic carbocycles. The van der Waals surface area contributed by atoms with Gasteiger partial charge in [-0.1, -0.05) is 6.07 Å². The van der Waals surface area contributed by atoms with E-state index in [-0.39, 0.29) is 12.5 Å². The molecule has 1 unspecified atom stereocenters. The summed E-state index contributed by atoms with van der Waals surface area (Å²) in [6.07, 6.45) is 0.406. The highest BCUT2D eigenvalue weighted by atomic mass is 16.4. The van der Waals surface area contributed by atoms with Gasteiger partial charge in [0.15, 0.2) is 0 Å². The van der Waals surface area contributed by atoms with E-state index in [0.29, 0.717) is 17.9 Å². The molecule has 5 N–H and O–H groups in total. The average Bonchev–Trinajstić information content (AvgIpc) is 2.14. The largest absolute Gasteiger partial charge is 0.481 e. The molecule has 5 nitrogen and oxygen atoms in total. The molecule has 1 aromatic rings. The van der Waals surface area contributed by atoms with Crippen LogP contribution >= 0.6 is 0 Å². The third kappa shape index (κ3) is 3.02. The number of carboxylic acid groups (broad SMARTS) is 1. The molecule has 0 fully saturated rings. The third-order valence-electron chi connectivity index (χ3n) is 1.84. The lowest BCUT2D eigenvalue weighted by molar-refractivity contribution is -0.137. The van der Waals surface area contributed by atoms with Crippen LogP contribution in [0.1, 0.15) is 24.6 Å². The normalized spacial score (nSPS) is 12.4. The van der Waals surface area contributed by atoms with Crippen molar-refractivity contribution in [1.29, 1.82) is 0 Å². The number of anilines is 1. The Morgan fingerprint density at radius 3 is 2.86 bits per heavy atom. The number of pyridine rings is 1. The maximum absolute atomic E-state index is 10.3. The summed E-state index contributed by atoms with van der Waals surface area (Å²) < 4.78 is 0. The van der Waals surface area contributed by atoms with Crippen LogP contribution < -0.4 is 11.5 Å². The minimum Gasteiger partial charge on any atom is -0.481 e. The number of carbonyl (C=O) groups is 1. The summed E-state index contributed by atoms with van der Waals surface area (Å²) in [6.45, 7) is 0. The van der Waals surface area contributed by atoms with Gasteiger partial charge in [0.1, 0.15) is 5.82 Å². The Hall–Kier alpha value is -1.62. The second kappa shape index (κ2) is 4.57. The predicted molar refractivity (Wildman–Crippen MR) is 52.4 cm³/mol. The number of rotatable bonds is 4. The molecule has 5 heteroatoms. The van der Waals surface area contributed by atoms with Crippen molar-refractivity contribution >= 4 is 11.8 Å². The smallest absolute Gasteiger partial charge is 0.303 e. The number of hydrogen-bond donors (Lipinski definition) is 3. The van der Waals surface area contributed by atoms with Crippen LogP contribution in [0.4, 0.5) is 5.82 Å². The molecule has 1 heterocycles. The molecule has 14 heavy (non-hydrogen) atoms. The molecule has 0 saturated heterocycles. The van der Waals surface area contributed by atoms with E-state index in [1.165, 1.54) is 0 Å². The quantitative estimate of drug-likeness (QED) is 0.650. The van der Waals surface area contributed by atoms with Gasteiger partial charge in [-0.05, 0) is 18.6 Å². The zero-order valence-corrected chi connectivity index (χ0v) is 7.68. The van der Waals surface area contributed by atoms with E-state index in [1.807, 2.05) is 0 Å². The highest BCUT2D eigenvalue weighted by molar-refractivity contribution is 5.66. The van der Waals surface area contributed by atoms with E-state index in [2.05, 4.69) is 4.98 Å². The molecule has 0 aliphatic rings. The van der Waals surface area contributed by atoms with Crippen LogP contribution in [0.15, 0.2) is 18.2 Å². The van der Waals surface area contributed by atoms with Crippen molar-refractivity contribution in [1.82, 2.24) is 4.98 Å². The number of aliphatic carboxylic acids is 1. The molecule has 0 bridgehead atoms. The predicted octanol–water partition coefficient (Wildman–Crippen LogP) is 0.528. The second-order valence-corrected chi connectivity index (χ2v) is 3.03. The van der Waals surface area contributed by atoms with Crippen LogP contribution in [-0.2, 0) is 4.79 Å². The van der Waals surface area contributed by atoms with E-state index in [1.54, 1.807) is 18.2 Å². The zero-order valence-electron chi connectivity index (χ0n) is 7.68. The van der Waals surface area contributed by atoms with Gasteiger partial charge in [0.05, 0.1) is 5.69 Å². The van der Waals surface area contributed by atoms with Gasteiger partial charge < -0.3 is 16.6 Å². The Kier molecular flexibility index (Phi) is 3.41. The lowest BCUT2D eigenvalue weighted by Crippen LogP contribution is -2.14. The maximum atomic E-state index is 10.3. The van der Waals surface area contributed by atoms with Gasteiger partial charge in [0, 0.05) is 12.5 Å². The standard InChI is InChI=1S/C9H13N3O2/c10-6(4-5-9(13)14)7-2-1-3-8(11)12-7/h1-3,6H,4-5,10H2,(H2,11,12)(H,13,14). The van der Waals surface area contributed by atoms with Crippen molar-refractivity contribution in [2.45, 2.75) is 18.9 Å². The fourth-order valence-corrected chi connectivity index (χ4v) is 1.10. The van der Waals surface area contributed by atoms with Gasteiger partial charge in [-0.2, -0.15) is 0 Å². The first kappa shape index (κ1) is 10.5. The molecule has 1 rings (SSSR count). The van der Waals surface area contributed by atoms with E-state index in [0.717, 1.165) is 0 Å². The number of nitrogens with zero attached hydrogens (tertiary/aromatic N) is 1. The zero-order chi connectivity index (χ0) is 10.6. The molecular formula is C9H13N3O2. The Bertz CT molecular complexity index is 328. The highest BCUT2D eigenvalue weighted by Crippen LogP contribution is 2.14. The Labute approximate surface area is 81.7 Å². The third-order valence-corrected chi connectivity index (χ3v) is 1.84. The van der Waals surface area contributed by atoms with Gasteiger partial charge in [-0.25, -0.2) is 4.98 Å². The number of carboxylic acids is 1. The lowest BCUT2D eigenvalue weighted by atomic mass is 10.1. The van der Waals surface area contributed by atoms with E-state index < -0.39 is 5.97 Å².